The van der Waals surface area contributed by atoms with Gasteiger partial charge in [-0.2, -0.15) is 0 Å². The van der Waals surface area contributed by atoms with Gasteiger partial charge in [0, 0.05) is 23.5 Å². The van der Waals surface area contributed by atoms with Crippen molar-refractivity contribution >= 4 is 29.2 Å². The lowest BCUT2D eigenvalue weighted by Crippen LogP contribution is -2.50. The smallest absolute Gasteiger partial charge is 0.338 e. The van der Waals surface area contributed by atoms with E-state index in [4.69, 9.17) is 25.8 Å². The summed E-state index contributed by atoms with van der Waals surface area (Å²) in [4.78, 5) is 27.9. The van der Waals surface area contributed by atoms with Crippen molar-refractivity contribution in [2.75, 3.05) is 31.2 Å². The van der Waals surface area contributed by atoms with Crippen molar-refractivity contribution in [1.82, 2.24) is 0 Å². The molecule has 1 aliphatic heterocycles. The van der Waals surface area contributed by atoms with E-state index in [1.165, 1.54) is 11.1 Å². The van der Waals surface area contributed by atoms with E-state index in [1.54, 1.807) is 18.2 Å². The molecule has 50 heavy (non-hydrogen) atoms. The first kappa shape index (κ1) is 34.6. The number of hydrogen-bond donors (Lipinski definition) is 1. The molecule has 1 unspecified atom stereocenters. The van der Waals surface area contributed by atoms with E-state index in [1.807, 2.05) is 57.2 Å². The predicted molar refractivity (Wildman–Crippen MR) is 195 cm³/mol. The van der Waals surface area contributed by atoms with E-state index in [2.05, 4.69) is 23.1 Å². The van der Waals surface area contributed by atoms with E-state index < -0.39 is 11.7 Å². The molecule has 0 bridgehead atoms. The van der Waals surface area contributed by atoms with Crippen LogP contribution < -0.4 is 9.64 Å². The second-order valence-electron chi connectivity index (χ2n) is 15.7. The van der Waals surface area contributed by atoms with Gasteiger partial charge in [0.1, 0.15) is 11.4 Å². The highest BCUT2D eigenvalue weighted by atomic mass is 35.5. The Bertz CT molecular complexity index is 1770. The first-order chi connectivity index (χ1) is 24.0. The molecule has 1 saturated carbocycles. The van der Waals surface area contributed by atoms with Crippen molar-refractivity contribution in [1.29, 1.82) is 0 Å². The highest BCUT2D eigenvalue weighted by Gasteiger charge is 2.45. The maximum absolute atomic E-state index is 13.2. The fourth-order valence-corrected chi connectivity index (χ4v) is 8.51. The second kappa shape index (κ2) is 14.1. The molecule has 1 fully saturated rings. The van der Waals surface area contributed by atoms with E-state index in [9.17, 15) is 14.7 Å². The SMILES string of the molecule is CC(C)(C)OC(=O)c1ccc2c(c1)N(C[C@@H]1CC[C@H]1[C@@H](O)C1=CC(CCOC(=O)c3ccccc3)C1)C[C@@]1(CCCc3cc(Cl)ccc31)CO2. The zero-order valence-electron chi connectivity index (χ0n) is 29.3. The first-order valence-corrected chi connectivity index (χ1v) is 18.5. The van der Waals surface area contributed by atoms with Crippen LogP contribution in [0.3, 0.4) is 0 Å². The largest absolute Gasteiger partial charge is 0.490 e. The maximum Gasteiger partial charge on any atom is 0.338 e. The minimum Gasteiger partial charge on any atom is -0.490 e. The zero-order chi connectivity index (χ0) is 35.0. The van der Waals surface area contributed by atoms with E-state index >= 15 is 0 Å². The molecule has 1 N–H and O–H groups in total. The van der Waals surface area contributed by atoms with Crippen molar-refractivity contribution in [3.63, 3.8) is 0 Å². The number of hydrogen-bond acceptors (Lipinski definition) is 7. The molecule has 0 radical (unpaired) electrons. The Morgan fingerprint density at radius 3 is 2.58 bits per heavy atom. The monoisotopic (exact) mass is 697 g/mol. The molecule has 4 aliphatic rings. The molecule has 8 heteroatoms. The molecule has 1 heterocycles. The lowest BCUT2D eigenvalue weighted by molar-refractivity contribution is 0.00692. The molecule has 5 atom stereocenters. The third-order valence-electron chi connectivity index (χ3n) is 11.1. The number of aliphatic hydroxyl groups is 1. The van der Waals surface area contributed by atoms with Gasteiger partial charge in [0.05, 0.1) is 36.1 Å². The summed E-state index contributed by atoms with van der Waals surface area (Å²) in [5.74, 6) is 0.876. The topological polar surface area (TPSA) is 85.3 Å². The number of esters is 2. The third-order valence-corrected chi connectivity index (χ3v) is 11.3. The van der Waals surface area contributed by atoms with Gasteiger partial charge < -0.3 is 24.2 Å². The summed E-state index contributed by atoms with van der Waals surface area (Å²) in [7, 11) is 0. The number of fused-ring (bicyclic) bond motifs is 3. The number of rotatable bonds is 9. The molecule has 7 rings (SSSR count). The third kappa shape index (κ3) is 7.31. The van der Waals surface area contributed by atoms with Crippen molar-refractivity contribution in [2.24, 2.45) is 17.8 Å². The molecule has 7 nitrogen and oxygen atoms in total. The number of anilines is 1. The fourth-order valence-electron chi connectivity index (χ4n) is 8.31. The molecular formula is C42H48ClNO6. The van der Waals surface area contributed by atoms with Crippen molar-refractivity contribution < 1.29 is 28.9 Å². The van der Waals surface area contributed by atoms with Gasteiger partial charge in [-0.25, -0.2) is 9.59 Å². The predicted octanol–water partition coefficient (Wildman–Crippen LogP) is 8.35. The van der Waals surface area contributed by atoms with Crippen molar-refractivity contribution in [3.05, 3.63) is 106 Å². The van der Waals surface area contributed by atoms with Crippen LogP contribution in [0.4, 0.5) is 5.69 Å². The summed E-state index contributed by atoms with van der Waals surface area (Å²) in [5.41, 5.74) is 4.81. The average molecular weight is 698 g/mol. The molecule has 1 spiro atoms. The quantitative estimate of drug-likeness (QED) is 0.178. The Morgan fingerprint density at radius 2 is 1.84 bits per heavy atom. The van der Waals surface area contributed by atoms with Gasteiger partial charge in [-0.1, -0.05) is 41.9 Å². The standard InChI is InChI=1S/C42H48ClNO6/c1-41(2,3)50-40(47)30-12-16-37-36(23-30)44(25-42(26-49-37)18-7-10-29-22-33(43)13-15-35(29)42)24-31-11-14-34(31)38(45)32-20-27(21-32)17-19-48-39(46)28-8-5-4-6-9-28/h4-6,8-9,12-13,15-16,20,22-23,27,31,34,38,45H,7,10-11,14,17-19,21,24-26H2,1-3H3/t27?,31-,34+,38-,42-/m0/s1. The fraction of sp³-hybridized carbons (Fsp3) is 0.476. The number of benzene rings is 3. The summed E-state index contributed by atoms with van der Waals surface area (Å²) in [6, 6.07) is 21.0. The summed E-state index contributed by atoms with van der Waals surface area (Å²) in [5, 5.41) is 12.3. The van der Waals surface area contributed by atoms with Gasteiger partial charge in [-0.3, -0.25) is 0 Å². The van der Waals surface area contributed by atoms with Crippen LogP contribution in [-0.4, -0.2) is 55.1 Å². The lowest BCUT2D eigenvalue weighted by Gasteiger charge is -2.47. The van der Waals surface area contributed by atoms with Crippen LogP contribution in [0.15, 0.2) is 78.4 Å². The summed E-state index contributed by atoms with van der Waals surface area (Å²) < 4.78 is 17.9. The molecule has 3 aromatic rings. The number of allylic oxidation sites excluding steroid dienone is 1. The number of aryl methyl sites for hydroxylation is 1. The summed E-state index contributed by atoms with van der Waals surface area (Å²) >= 11 is 6.45. The van der Waals surface area contributed by atoms with E-state index in [0.29, 0.717) is 36.2 Å². The van der Waals surface area contributed by atoms with Crippen LogP contribution in [-0.2, 0) is 21.3 Å². The molecule has 3 aromatic carbocycles. The molecular weight excluding hydrogens is 650 g/mol. The Balaban J connectivity index is 1.07. The van der Waals surface area contributed by atoms with Crippen LogP contribution >= 0.6 is 11.6 Å². The van der Waals surface area contributed by atoms with Crippen molar-refractivity contribution in [3.8, 4) is 5.75 Å². The molecule has 0 saturated heterocycles. The Labute approximate surface area is 300 Å². The molecule has 264 valence electrons. The Hall–Kier alpha value is -3.81. The maximum atomic E-state index is 13.2. The van der Waals surface area contributed by atoms with Gasteiger partial charge in [-0.05, 0) is 143 Å². The van der Waals surface area contributed by atoms with Gasteiger partial charge in [0.2, 0.25) is 0 Å². The summed E-state index contributed by atoms with van der Waals surface area (Å²) in [6.07, 6.45) is 8.33. The van der Waals surface area contributed by atoms with E-state index in [0.717, 1.165) is 80.1 Å². The summed E-state index contributed by atoms with van der Waals surface area (Å²) in [6.45, 7) is 8.05. The number of halogens is 1. The zero-order valence-corrected chi connectivity index (χ0v) is 30.1. The number of nitrogens with zero attached hydrogens (tertiary/aromatic N) is 1. The van der Waals surface area contributed by atoms with Gasteiger partial charge >= 0.3 is 11.9 Å². The highest BCUT2D eigenvalue weighted by molar-refractivity contribution is 6.30. The van der Waals surface area contributed by atoms with Crippen molar-refractivity contribution in [2.45, 2.75) is 82.8 Å². The van der Waals surface area contributed by atoms with Crippen LogP contribution in [0.5, 0.6) is 5.75 Å². The van der Waals surface area contributed by atoms with Gasteiger partial charge in [-0.15, -0.1) is 0 Å². The average Bonchev–Trinajstić information content (AvgIpc) is 3.20. The first-order valence-electron chi connectivity index (χ1n) is 18.1. The van der Waals surface area contributed by atoms with Gasteiger partial charge in [0.25, 0.3) is 0 Å². The molecule has 0 aromatic heterocycles. The minimum atomic E-state index is -0.603. The van der Waals surface area contributed by atoms with Crippen LogP contribution in [0.1, 0.15) is 91.1 Å². The number of ether oxygens (including phenoxy) is 3. The van der Waals surface area contributed by atoms with Crippen LogP contribution in [0.2, 0.25) is 5.02 Å². The normalized spacial score (nSPS) is 24.7. The second-order valence-corrected chi connectivity index (χ2v) is 16.2. The molecule has 0 amide bonds. The Kier molecular flexibility index (Phi) is 9.75. The number of carbonyl (C=O) groups excluding carboxylic acids is 2. The minimum absolute atomic E-state index is 0.160. The highest BCUT2D eigenvalue weighted by Crippen LogP contribution is 2.48. The van der Waals surface area contributed by atoms with Crippen LogP contribution in [0, 0.1) is 17.8 Å². The van der Waals surface area contributed by atoms with Gasteiger partial charge in [0.15, 0.2) is 0 Å². The lowest BCUT2D eigenvalue weighted by atomic mass is 9.65. The number of carbonyl (C=O) groups is 2. The van der Waals surface area contributed by atoms with Crippen LogP contribution in [0.25, 0.3) is 0 Å². The number of aliphatic hydroxyl groups excluding tert-OH is 1. The van der Waals surface area contributed by atoms with E-state index in [-0.39, 0.29) is 23.3 Å². The Morgan fingerprint density at radius 1 is 1.04 bits per heavy atom. The molecule has 3 aliphatic carbocycles.